The van der Waals surface area contributed by atoms with Gasteiger partial charge in [-0.1, -0.05) is 6.08 Å². The number of esters is 1. The highest BCUT2D eigenvalue weighted by atomic mass is 35.5. The van der Waals surface area contributed by atoms with Crippen molar-refractivity contribution in [3.05, 3.63) is 28.6 Å². The first-order valence-electron chi connectivity index (χ1n) is 5.20. The molecule has 0 radical (unpaired) electrons. The number of nitrogens with one attached hydrogen (secondary N) is 1. The summed E-state index contributed by atoms with van der Waals surface area (Å²) in [4.78, 5) is 14.8. The molecule has 0 unspecified atom stereocenters. The van der Waals surface area contributed by atoms with Crippen LogP contribution in [0.3, 0.4) is 0 Å². The maximum Gasteiger partial charge on any atom is 0.340 e. The Labute approximate surface area is 100 Å². The molecule has 0 aliphatic carbocycles. The smallest absolute Gasteiger partial charge is 0.340 e. The molecule has 0 bridgehead atoms. The number of alkyl halides is 1. The Kier molecular flexibility index (Phi) is 4.62. The molecule has 1 N–H and O–H groups in total. The lowest BCUT2D eigenvalue weighted by Crippen LogP contribution is -2.06. The molecule has 1 aromatic heterocycles. The maximum atomic E-state index is 11.7. The maximum absolute atomic E-state index is 11.7. The molecular weight excluding hydrogens is 226 g/mol. The standard InChI is InChI=1S/C12H16ClNO2/c1-4-16-12(15)11-8(2)10(6-5-7-13)14-9(11)3/h5-6,14H,4,7H2,1-3H3. The van der Waals surface area contributed by atoms with E-state index in [0.717, 1.165) is 17.0 Å². The van der Waals surface area contributed by atoms with Gasteiger partial charge < -0.3 is 9.72 Å². The van der Waals surface area contributed by atoms with Gasteiger partial charge in [0.25, 0.3) is 0 Å². The summed E-state index contributed by atoms with van der Waals surface area (Å²) in [6.07, 6.45) is 3.70. The van der Waals surface area contributed by atoms with Crippen molar-refractivity contribution in [2.24, 2.45) is 0 Å². The molecule has 3 nitrogen and oxygen atoms in total. The van der Waals surface area contributed by atoms with Crippen molar-refractivity contribution >= 4 is 23.6 Å². The van der Waals surface area contributed by atoms with Crippen LogP contribution >= 0.6 is 11.6 Å². The Balaban J connectivity index is 3.06. The number of ether oxygens (including phenoxy) is 1. The molecule has 0 aromatic carbocycles. The first kappa shape index (κ1) is 12.8. The van der Waals surface area contributed by atoms with E-state index >= 15 is 0 Å². The molecule has 0 amide bonds. The van der Waals surface area contributed by atoms with Gasteiger partial charge in [0.2, 0.25) is 0 Å². The highest BCUT2D eigenvalue weighted by Gasteiger charge is 2.17. The minimum atomic E-state index is -0.278. The molecule has 0 aliphatic heterocycles. The lowest BCUT2D eigenvalue weighted by atomic mass is 10.1. The molecule has 0 aliphatic rings. The van der Waals surface area contributed by atoms with E-state index in [-0.39, 0.29) is 5.97 Å². The molecule has 0 fully saturated rings. The SMILES string of the molecule is CCOC(=O)c1c(C)[nH]c(C=CCCl)c1C. The zero-order chi connectivity index (χ0) is 12.1. The topological polar surface area (TPSA) is 42.1 Å². The number of aromatic nitrogens is 1. The van der Waals surface area contributed by atoms with Gasteiger partial charge in [-0.2, -0.15) is 0 Å². The lowest BCUT2D eigenvalue weighted by molar-refractivity contribution is 0.0525. The van der Waals surface area contributed by atoms with Gasteiger partial charge in [0.05, 0.1) is 12.2 Å². The molecule has 1 heterocycles. The third-order valence-electron chi connectivity index (χ3n) is 2.33. The van der Waals surface area contributed by atoms with Gasteiger partial charge in [-0.25, -0.2) is 4.79 Å². The molecule has 0 saturated heterocycles. The predicted octanol–water partition coefficient (Wildman–Crippen LogP) is 3.06. The van der Waals surface area contributed by atoms with E-state index in [2.05, 4.69) is 4.98 Å². The van der Waals surface area contributed by atoms with Crippen molar-refractivity contribution in [1.82, 2.24) is 4.98 Å². The zero-order valence-electron chi connectivity index (χ0n) is 9.76. The number of aryl methyl sites for hydroxylation is 1. The second-order valence-electron chi connectivity index (χ2n) is 3.44. The van der Waals surface area contributed by atoms with E-state index in [1.165, 1.54) is 0 Å². The van der Waals surface area contributed by atoms with Crippen molar-refractivity contribution in [3.8, 4) is 0 Å². The number of allylic oxidation sites excluding steroid dienone is 1. The first-order chi connectivity index (χ1) is 7.61. The number of carbonyl (C=O) groups excluding carboxylic acids is 1. The van der Waals surface area contributed by atoms with Crippen LogP contribution in [0, 0.1) is 13.8 Å². The molecule has 0 spiro atoms. The largest absolute Gasteiger partial charge is 0.462 e. The van der Waals surface area contributed by atoms with Crippen LogP contribution in [-0.2, 0) is 4.74 Å². The minimum Gasteiger partial charge on any atom is -0.462 e. The number of hydrogen-bond donors (Lipinski definition) is 1. The van der Waals surface area contributed by atoms with Gasteiger partial charge in [0.1, 0.15) is 0 Å². The second kappa shape index (κ2) is 5.75. The van der Waals surface area contributed by atoms with Gasteiger partial charge in [-0.05, 0) is 32.4 Å². The average Bonchev–Trinajstić information content (AvgIpc) is 2.51. The van der Waals surface area contributed by atoms with Gasteiger partial charge in [0.15, 0.2) is 0 Å². The second-order valence-corrected chi connectivity index (χ2v) is 3.75. The van der Waals surface area contributed by atoms with E-state index in [0.29, 0.717) is 18.1 Å². The van der Waals surface area contributed by atoms with Gasteiger partial charge in [0, 0.05) is 17.3 Å². The summed E-state index contributed by atoms with van der Waals surface area (Å²) in [7, 11) is 0. The Bertz CT molecular complexity index is 407. The van der Waals surface area contributed by atoms with Gasteiger partial charge >= 0.3 is 5.97 Å². The minimum absolute atomic E-state index is 0.278. The monoisotopic (exact) mass is 241 g/mol. The molecule has 0 saturated carbocycles. The highest BCUT2D eigenvalue weighted by molar-refractivity contribution is 6.19. The van der Waals surface area contributed by atoms with Crippen LogP contribution in [0.2, 0.25) is 0 Å². The number of aromatic amines is 1. The van der Waals surface area contributed by atoms with Crippen molar-refractivity contribution < 1.29 is 9.53 Å². The summed E-state index contributed by atoms with van der Waals surface area (Å²) in [5, 5.41) is 0. The number of carbonyl (C=O) groups is 1. The van der Waals surface area contributed by atoms with E-state index in [4.69, 9.17) is 16.3 Å². The molecule has 16 heavy (non-hydrogen) atoms. The molecule has 4 heteroatoms. The van der Waals surface area contributed by atoms with E-state index in [1.807, 2.05) is 26.0 Å². The summed E-state index contributed by atoms with van der Waals surface area (Å²) in [6, 6.07) is 0. The summed E-state index contributed by atoms with van der Waals surface area (Å²) in [6.45, 7) is 5.93. The Hall–Kier alpha value is -1.22. The number of H-pyrrole nitrogens is 1. The fourth-order valence-electron chi connectivity index (χ4n) is 1.61. The van der Waals surface area contributed by atoms with Gasteiger partial charge in [-0.3, -0.25) is 0 Å². The third kappa shape index (κ3) is 2.67. The summed E-state index contributed by atoms with van der Waals surface area (Å²) >= 11 is 5.57. The fraction of sp³-hybridized carbons (Fsp3) is 0.417. The zero-order valence-corrected chi connectivity index (χ0v) is 10.5. The number of halogens is 1. The quantitative estimate of drug-likeness (QED) is 0.650. The van der Waals surface area contributed by atoms with Crippen LogP contribution in [0.4, 0.5) is 0 Å². The summed E-state index contributed by atoms with van der Waals surface area (Å²) in [5.74, 6) is 0.172. The molecule has 1 aromatic rings. The Morgan fingerprint density at radius 3 is 2.75 bits per heavy atom. The number of rotatable bonds is 4. The van der Waals surface area contributed by atoms with Crippen LogP contribution in [-0.4, -0.2) is 23.4 Å². The van der Waals surface area contributed by atoms with E-state index in [1.54, 1.807) is 6.92 Å². The van der Waals surface area contributed by atoms with Crippen LogP contribution in [0.15, 0.2) is 6.08 Å². The van der Waals surface area contributed by atoms with Gasteiger partial charge in [-0.15, -0.1) is 11.6 Å². The highest BCUT2D eigenvalue weighted by Crippen LogP contribution is 2.20. The molecule has 88 valence electrons. The number of hydrogen-bond acceptors (Lipinski definition) is 2. The van der Waals surface area contributed by atoms with E-state index < -0.39 is 0 Å². The normalized spacial score (nSPS) is 11.0. The van der Waals surface area contributed by atoms with Crippen molar-refractivity contribution in [2.45, 2.75) is 20.8 Å². The van der Waals surface area contributed by atoms with Crippen LogP contribution in [0.25, 0.3) is 6.08 Å². The predicted molar refractivity (Wildman–Crippen MR) is 66.0 cm³/mol. The Morgan fingerprint density at radius 2 is 2.19 bits per heavy atom. The third-order valence-corrected chi connectivity index (χ3v) is 2.51. The molecule has 0 atom stereocenters. The van der Waals surface area contributed by atoms with Crippen molar-refractivity contribution in [2.75, 3.05) is 12.5 Å². The molecule has 1 rings (SSSR count). The average molecular weight is 242 g/mol. The first-order valence-corrected chi connectivity index (χ1v) is 5.74. The van der Waals surface area contributed by atoms with E-state index in [9.17, 15) is 4.79 Å². The fourth-order valence-corrected chi connectivity index (χ4v) is 1.70. The summed E-state index contributed by atoms with van der Waals surface area (Å²) in [5.41, 5.74) is 3.25. The summed E-state index contributed by atoms with van der Waals surface area (Å²) < 4.78 is 5.00. The van der Waals surface area contributed by atoms with Crippen LogP contribution < -0.4 is 0 Å². The lowest BCUT2D eigenvalue weighted by Gasteiger charge is -2.01. The van der Waals surface area contributed by atoms with Crippen LogP contribution in [0.1, 0.15) is 34.2 Å². The Morgan fingerprint density at radius 1 is 1.50 bits per heavy atom. The van der Waals surface area contributed by atoms with Crippen molar-refractivity contribution in [3.63, 3.8) is 0 Å². The van der Waals surface area contributed by atoms with Crippen LogP contribution in [0.5, 0.6) is 0 Å². The molecular formula is C12H16ClNO2. The van der Waals surface area contributed by atoms with Crippen molar-refractivity contribution in [1.29, 1.82) is 0 Å².